The summed E-state index contributed by atoms with van der Waals surface area (Å²) in [5.74, 6) is 0. The van der Waals surface area contributed by atoms with Gasteiger partial charge >= 0.3 is 0 Å². The first kappa shape index (κ1) is 12.6. The molecule has 18 heavy (non-hydrogen) atoms. The van der Waals surface area contributed by atoms with E-state index < -0.39 is 0 Å². The van der Waals surface area contributed by atoms with Crippen molar-refractivity contribution >= 4 is 0 Å². The molecular formula is C14H18N4. The first-order valence-corrected chi connectivity index (χ1v) is 6.27. The zero-order chi connectivity index (χ0) is 12.6. The van der Waals surface area contributed by atoms with Gasteiger partial charge in [0, 0.05) is 36.4 Å². The van der Waals surface area contributed by atoms with Gasteiger partial charge in [0.1, 0.15) is 6.33 Å². The molecule has 0 aliphatic carbocycles. The van der Waals surface area contributed by atoms with Crippen molar-refractivity contribution in [1.82, 2.24) is 20.3 Å². The molecule has 0 aromatic carbocycles. The molecule has 2 heterocycles. The molecule has 4 heteroatoms. The van der Waals surface area contributed by atoms with Crippen LogP contribution < -0.4 is 5.32 Å². The zero-order valence-electron chi connectivity index (χ0n) is 10.6. The van der Waals surface area contributed by atoms with Crippen molar-refractivity contribution in [3.8, 4) is 0 Å². The van der Waals surface area contributed by atoms with E-state index in [0.29, 0.717) is 6.04 Å². The van der Waals surface area contributed by atoms with E-state index >= 15 is 0 Å². The molecule has 0 radical (unpaired) electrons. The topological polar surface area (TPSA) is 50.7 Å². The SMILES string of the molecule is CCNC(CCc1cccnc1)c1cncnc1. The summed E-state index contributed by atoms with van der Waals surface area (Å²) >= 11 is 0. The Kier molecular flexibility index (Phi) is 4.78. The van der Waals surface area contributed by atoms with Crippen molar-refractivity contribution < 1.29 is 0 Å². The van der Waals surface area contributed by atoms with Crippen LogP contribution in [-0.2, 0) is 6.42 Å². The Balaban J connectivity index is 1.99. The summed E-state index contributed by atoms with van der Waals surface area (Å²) in [4.78, 5) is 12.3. The van der Waals surface area contributed by atoms with Crippen LogP contribution in [0.2, 0.25) is 0 Å². The number of rotatable bonds is 6. The maximum atomic E-state index is 4.14. The van der Waals surface area contributed by atoms with Crippen molar-refractivity contribution in [2.75, 3.05) is 6.54 Å². The van der Waals surface area contributed by atoms with E-state index in [0.717, 1.165) is 24.9 Å². The monoisotopic (exact) mass is 242 g/mol. The highest BCUT2D eigenvalue weighted by atomic mass is 14.9. The fourth-order valence-electron chi connectivity index (χ4n) is 1.98. The second kappa shape index (κ2) is 6.81. The van der Waals surface area contributed by atoms with E-state index in [-0.39, 0.29) is 0 Å². The lowest BCUT2D eigenvalue weighted by Crippen LogP contribution is -2.21. The van der Waals surface area contributed by atoms with Gasteiger partial charge in [0.2, 0.25) is 0 Å². The molecule has 0 fully saturated rings. The highest BCUT2D eigenvalue weighted by Gasteiger charge is 2.10. The van der Waals surface area contributed by atoms with Crippen molar-refractivity contribution in [1.29, 1.82) is 0 Å². The van der Waals surface area contributed by atoms with Crippen molar-refractivity contribution in [3.05, 3.63) is 54.4 Å². The van der Waals surface area contributed by atoms with Crippen molar-refractivity contribution in [3.63, 3.8) is 0 Å². The second-order valence-electron chi connectivity index (χ2n) is 4.18. The van der Waals surface area contributed by atoms with Gasteiger partial charge in [-0.1, -0.05) is 13.0 Å². The minimum atomic E-state index is 0.302. The minimum absolute atomic E-state index is 0.302. The molecule has 4 nitrogen and oxygen atoms in total. The number of aryl methyl sites for hydroxylation is 1. The average molecular weight is 242 g/mol. The van der Waals surface area contributed by atoms with Gasteiger partial charge < -0.3 is 5.32 Å². The minimum Gasteiger partial charge on any atom is -0.310 e. The van der Waals surface area contributed by atoms with Crippen molar-refractivity contribution in [2.45, 2.75) is 25.8 Å². The Morgan fingerprint density at radius 3 is 2.67 bits per heavy atom. The maximum absolute atomic E-state index is 4.14. The number of hydrogen-bond donors (Lipinski definition) is 1. The Hall–Kier alpha value is -1.81. The number of pyridine rings is 1. The van der Waals surface area contributed by atoms with Gasteiger partial charge in [-0.05, 0) is 31.0 Å². The normalized spacial score (nSPS) is 12.3. The van der Waals surface area contributed by atoms with Crippen LogP contribution in [0.4, 0.5) is 0 Å². The standard InChI is InChI=1S/C14H18N4/c1-2-18-14(13-9-16-11-17-10-13)6-5-12-4-3-7-15-8-12/h3-4,7-11,14,18H,2,5-6H2,1H3. The second-order valence-corrected chi connectivity index (χ2v) is 4.18. The third-order valence-corrected chi connectivity index (χ3v) is 2.88. The van der Waals surface area contributed by atoms with Gasteiger partial charge in [-0.15, -0.1) is 0 Å². The first-order valence-electron chi connectivity index (χ1n) is 6.27. The van der Waals surface area contributed by atoms with Crippen LogP contribution in [0.25, 0.3) is 0 Å². The van der Waals surface area contributed by atoms with Gasteiger partial charge in [-0.25, -0.2) is 9.97 Å². The number of nitrogens with zero attached hydrogens (tertiary/aromatic N) is 3. The molecule has 0 spiro atoms. The third kappa shape index (κ3) is 3.60. The van der Waals surface area contributed by atoms with Crippen LogP contribution in [0.1, 0.15) is 30.5 Å². The summed E-state index contributed by atoms with van der Waals surface area (Å²) in [6, 6.07) is 4.39. The Labute approximate surface area is 108 Å². The summed E-state index contributed by atoms with van der Waals surface area (Å²) in [5.41, 5.74) is 2.40. The number of hydrogen-bond acceptors (Lipinski definition) is 4. The zero-order valence-corrected chi connectivity index (χ0v) is 10.6. The molecule has 0 bridgehead atoms. The van der Waals surface area contributed by atoms with Crippen LogP contribution in [0.3, 0.4) is 0 Å². The number of aromatic nitrogens is 3. The summed E-state index contributed by atoms with van der Waals surface area (Å²) in [5, 5.41) is 3.47. The lowest BCUT2D eigenvalue weighted by Gasteiger charge is -2.17. The quantitative estimate of drug-likeness (QED) is 0.843. The molecule has 0 saturated heterocycles. The molecule has 94 valence electrons. The van der Waals surface area contributed by atoms with Crippen LogP contribution in [0, 0.1) is 0 Å². The van der Waals surface area contributed by atoms with Gasteiger partial charge in [-0.3, -0.25) is 4.98 Å². The summed E-state index contributed by atoms with van der Waals surface area (Å²) < 4.78 is 0. The van der Waals surface area contributed by atoms with Gasteiger partial charge in [0.05, 0.1) is 0 Å². The average Bonchev–Trinajstić information content (AvgIpc) is 2.45. The fourth-order valence-corrected chi connectivity index (χ4v) is 1.98. The molecule has 2 aromatic rings. The predicted octanol–water partition coefficient (Wildman–Crippen LogP) is 2.16. The highest BCUT2D eigenvalue weighted by molar-refractivity contribution is 5.13. The summed E-state index contributed by atoms with van der Waals surface area (Å²) in [6.07, 6.45) is 11.1. The van der Waals surface area contributed by atoms with Crippen LogP contribution in [0.5, 0.6) is 0 Å². The summed E-state index contributed by atoms with van der Waals surface area (Å²) in [6.45, 7) is 3.05. The molecule has 2 rings (SSSR count). The molecule has 1 N–H and O–H groups in total. The Morgan fingerprint density at radius 2 is 2.00 bits per heavy atom. The molecule has 0 amide bonds. The smallest absolute Gasteiger partial charge is 0.115 e. The largest absolute Gasteiger partial charge is 0.310 e. The molecule has 0 aliphatic heterocycles. The molecule has 0 saturated carbocycles. The lowest BCUT2D eigenvalue weighted by atomic mass is 10.0. The van der Waals surface area contributed by atoms with Gasteiger partial charge in [0.15, 0.2) is 0 Å². The van der Waals surface area contributed by atoms with Crippen LogP contribution in [0.15, 0.2) is 43.2 Å². The molecule has 1 atom stereocenters. The van der Waals surface area contributed by atoms with E-state index in [1.807, 2.05) is 24.7 Å². The van der Waals surface area contributed by atoms with E-state index in [2.05, 4.69) is 33.3 Å². The summed E-state index contributed by atoms with van der Waals surface area (Å²) in [7, 11) is 0. The molecule has 2 aromatic heterocycles. The lowest BCUT2D eigenvalue weighted by molar-refractivity contribution is 0.512. The van der Waals surface area contributed by atoms with Crippen LogP contribution in [-0.4, -0.2) is 21.5 Å². The molecular weight excluding hydrogens is 224 g/mol. The van der Waals surface area contributed by atoms with E-state index in [1.54, 1.807) is 12.5 Å². The van der Waals surface area contributed by atoms with Gasteiger partial charge in [0.25, 0.3) is 0 Å². The van der Waals surface area contributed by atoms with Gasteiger partial charge in [-0.2, -0.15) is 0 Å². The molecule has 0 aliphatic rings. The maximum Gasteiger partial charge on any atom is 0.115 e. The van der Waals surface area contributed by atoms with E-state index in [9.17, 15) is 0 Å². The first-order chi connectivity index (χ1) is 8.90. The van der Waals surface area contributed by atoms with E-state index in [1.165, 1.54) is 5.56 Å². The molecule has 1 unspecified atom stereocenters. The van der Waals surface area contributed by atoms with Crippen LogP contribution >= 0.6 is 0 Å². The van der Waals surface area contributed by atoms with Crippen molar-refractivity contribution in [2.24, 2.45) is 0 Å². The Bertz CT molecular complexity index is 444. The Morgan fingerprint density at radius 1 is 1.17 bits per heavy atom. The van der Waals surface area contributed by atoms with E-state index in [4.69, 9.17) is 0 Å². The fraction of sp³-hybridized carbons (Fsp3) is 0.357. The highest BCUT2D eigenvalue weighted by Crippen LogP contribution is 2.17. The third-order valence-electron chi connectivity index (χ3n) is 2.88. The predicted molar refractivity (Wildman–Crippen MR) is 71.0 cm³/mol. The number of nitrogens with one attached hydrogen (secondary N) is 1.